The van der Waals surface area contributed by atoms with Gasteiger partial charge in [0.15, 0.2) is 0 Å². The van der Waals surface area contributed by atoms with Crippen molar-refractivity contribution in [3.63, 3.8) is 0 Å². The number of carbonyl (C=O) groups is 1. The Morgan fingerprint density at radius 3 is 2.65 bits per heavy atom. The van der Waals surface area contributed by atoms with Gasteiger partial charge in [0.1, 0.15) is 10.8 Å². The summed E-state index contributed by atoms with van der Waals surface area (Å²) in [7, 11) is 0. The fourth-order valence-corrected chi connectivity index (χ4v) is 4.56. The van der Waals surface area contributed by atoms with Crippen LogP contribution in [0.5, 0.6) is 5.75 Å². The first-order chi connectivity index (χ1) is 15.0. The standard InChI is InChI=1S/C25H23ClN2O2S/c1-16-5-11-21-23(14-16)31-25(28-21)18-6-9-20(10-7-18)27-24(29)4-3-13-30-22-12-8-19(26)15-17(22)2/h5-12,14-15H,3-4,13H2,1-2H3,(H,27,29). The van der Waals surface area contributed by atoms with Crippen molar-refractivity contribution in [3.8, 4) is 16.3 Å². The molecule has 158 valence electrons. The number of fused-ring (bicyclic) bond motifs is 1. The molecular formula is C25H23ClN2O2S. The molecule has 1 N–H and O–H groups in total. The molecule has 0 aliphatic carbocycles. The average molecular weight is 451 g/mol. The minimum Gasteiger partial charge on any atom is -0.493 e. The number of benzene rings is 3. The van der Waals surface area contributed by atoms with Crippen LogP contribution in [0.15, 0.2) is 60.7 Å². The normalized spacial score (nSPS) is 10.9. The smallest absolute Gasteiger partial charge is 0.224 e. The van der Waals surface area contributed by atoms with Gasteiger partial charge < -0.3 is 10.1 Å². The zero-order chi connectivity index (χ0) is 21.8. The molecule has 4 aromatic rings. The maximum Gasteiger partial charge on any atom is 0.224 e. The van der Waals surface area contributed by atoms with Gasteiger partial charge in [-0.3, -0.25) is 4.79 Å². The lowest BCUT2D eigenvalue weighted by molar-refractivity contribution is -0.116. The minimum atomic E-state index is -0.0281. The fourth-order valence-electron chi connectivity index (χ4n) is 3.26. The molecule has 0 unspecified atom stereocenters. The second-order valence-corrected chi connectivity index (χ2v) is 8.94. The number of anilines is 1. The number of amides is 1. The summed E-state index contributed by atoms with van der Waals surface area (Å²) in [5.74, 6) is 0.769. The van der Waals surface area contributed by atoms with E-state index in [0.29, 0.717) is 24.5 Å². The van der Waals surface area contributed by atoms with Crippen molar-refractivity contribution in [3.05, 3.63) is 76.8 Å². The summed E-state index contributed by atoms with van der Waals surface area (Å²) in [5, 5.41) is 4.61. The van der Waals surface area contributed by atoms with E-state index in [1.807, 2.05) is 43.3 Å². The van der Waals surface area contributed by atoms with Crippen LogP contribution in [0.2, 0.25) is 5.02 Å². The summed E-state index contributed by atoms with van der Waals surface area (Å²) in [6, 6.07) is 19.6. The van der Waals surface area contributed by atoms with Gasteiger partial charge in [-0.1, -0.05) is 17.7 Å². The van der Waals surface area contributed by atoms with Crippen molar-refractivity contribution in [2.45, 2.75) is 26.7 Å². The first-order valence-electron chi connectivity index (χ1n) is 10.1. The van der Waals surface area contributed by atoms with Crippen LogP contribution in [0.3, 0.4) is 0 Å². The van der Waals surface area contributed by atoms with E-state index in [4.69, 9.17) is 21.3 Å². The SMILES string of the molecule is Cc1ccc2nc(-c3ccc(NC(=O)CCCOc4ccc(Cl)cc4C)cc3)sc2c1. The Morgan fingerprint density at radius 1 is 1.06 bits per heavy atom. The van der Waals surface area contributed by atoms with Crippen molar-refractivity contribution in [1.29, 1.82) is 0 Å². The van der Waals surface area contributed by atoms with Crippen LogP contribution < -0.4 is 10.1 Å². The van der Waals surface area contributed by atoms with Gasteiger partial charge in [-0.2, -0.15) is 0 Å². The van der Waals surface area contributed by atoms with E-state index < -0.39 is 0 Å². The third-order valence-corrected chi connectivity index (χ3v) is 6.20. The number of carbonyl (C=O) groups excluding carboxylic acids is 1. The second-order valence-electron chi connectivity index (χ2n) is 7.48. The Bertz CT molecular complexity index is 1220. The average Bonchev–Trinajstić information content (AvgIpc) is 3.16. The lowest BCUT2D eigenvalue weighted by Gasteiger charge is -2.09. The number of hydrogen-bond donors (Lipinski definition) is 1. The molecule has 0 saturated heterocycles. The molecule has 31 heavy (non-hydrogen) atoms. The molecule has 1 amide bonds. The lowest BCUT2D eigenvalue weighted by atomic mass is 10.2. The van der Waals surface area contributed by atoms with Gasteiger partial charge in [-0.05, 0) is 86.0 Å². The van der Waals surface area contributed by atoms with Crippen LogP contribution in [0.4, 0.5) is 5.69 Å². The van der Waals surface area contributed by atoms with Gasteiger partial charge in [0, 0.05) is 22.7 Å². The first kappa shape index (κ1) is 21.3. The van der Waals surface area contributed by atoms with Crippen molar-refractivity contribution in [1.82, 2.24) is 4.98 Å². The second kappa shape index (κ2) is 9.50. The Balaban J connectivity index is 1.28. The highest BCUT2D eigenvalue weighted by molar-refractivity contribution is 7.21. The van der Waals surface area contributed by atoms with E-state index in [9.17, 15) is 4.79 Å². The van der Waals surface area contributed by atoms with Gasteiger partial charge in [0.05, 0.1) is 16.8 Å². The van der Waals surface area contributed by atoms with Gasteiger partial charge in [-0.25, -0.2) is 4.98 Å². The number of hydrogen-bond acceptors (Lipinski definition) is 4. The molecule has 4 rings (SSSR count). The van der Waals surface area contributed by atoms with E-state index >= 15 is 0 Å². The molecule has 6 heteroatoms. The van der Waals surface area contributed by atoms with Crippen LogP contribution in [0.1, 0.15) is 24.0 Å². The number of nitrogens with one attached hydrogen (secondary N) is 1. The first-order valence-corrected chi connectivity index (χ1v) is 11.3. The van der Waals surface area contributed by atoms with E-state index in [-0.39, 0.29) is 5.91 Å². The predicted molar refractivity (Wildman–Crippen MR) is 129 cm³/mol. The highest BCUT2D eigenvalue weighted by atomic mass is 35.5. The number of ether oxygens (including phenoxy) is 1. The number of thiazole rings is 1. The molecule has 0 spiro atoms. The van der Waals surface area contributed by atoms with E-state index in [2.05, 4.69) is 30.4 Å². The van der Waals surface area contributed by atoms with E-state index in [1.165, 1.54) is 10.3 Å². The maximum absolute atomic E-state index is 12.2. The minimum absolute atomic E-state index is 0.0281. The zero-order valence-corrected chi connectivity index (χ0v) is 19.0. The molecule has 0 aliphatic heterocycles. The predicted octanol–water partition coefficient (Wildman–Crippen LogP) is 7.03. The summed E-state index contributed by atoms with van der Waals surface area (Å²) in [5.41, 5.74) is 5.05. The van der Waals surface area contributed by atoms with Crippen LogP contribution in [0, 0.1) is 13.8 Å². The van der Waals surface area contributed by atoms with Crippen molar-refractivity contribution >= 4 is 44.7 Å². The fraction of sp³-hybridized carbons (Fsp3) is 0.200. The van der Waals surface area contributed by atoms with E-state index in [1.54, 1.807) is 17.4 Å². The largest absolute Gasteiger partial charge is 0.493 e. The van der Waals surface area contributed by atoms with Crippen LogP contribution >= 0.6 is 22.9 Å². The molecule has 0 atom stereocenters. The molecule has 0 aliphatic rings. The highest BCUT2D eigenvalue weighted by Gasteiger charge is 2.08. The lowest BCUT2D eigenvalue weighted by Crippen LogP contribution is -2.12. The third-order valence-electron chi connectivity index (χ3n) is 4.90. The number of aryl methyl sites for hydroxylation is 2. The Morgan fingerprint density at radius 2 is 1.87 bits per heavy atom. The molecule has 1 heterocycles. The van der Waals surface area contributed by atoms with Gasteiger partial charge in [-0.15, -0.1) is 11.3 Å². The van der Waals surface area contributed by atoms with Crippen LogP contribution in [-0.4, -0.2) is 17.5 Å². The maximum atomic E-state index is 12.2. The van der Waals surface area contributed by atoms with Crippen LogP contribution in [-0.2, 0) is 4.79 Å². The molecule has 3 aromatic carbocycles. The van der Waals surface area contributed by atoms with Crippen LogP contribution in [0.25, 0.3) is 20.8 Å². The summed E-state index contributed by atoms with van der Waals surface area (Å²) in [4.78, 5) is 17.0. The summed E-state index contributed by atoms with van der Waals surface area (Å²) >= 11 is 7.63. The van der Waals surface area contributed by atoms with Gasteiger partial charge in [0.25, 0.3) is 0 Å². The highest BCUT2D eigenvalue weighted by Crippen LogP contribution is 2.31. The quantitative estimate of drug-likeness (QED) is 0.307. The third kappa shape index (κ3) is 5.43. The number of halogens is 1. The molecule has 4 nitrogen and oxygen atoms in total. The molecule has 0 radical (unpaired) electrons. The molecule has 0 fully saturated rings. The molecule has 0 bridgehead atoms. The Hall–Kier alpha value is -2.89. The Kier molecular flexibility index (Phi) is 6.54. The molecular weight excluding hydrogens is 428 g/mol. The van der Waals surface area contributed by atoms with Crippen molar-refractivity contribution in [2.75, 3.05) is 11.9 Å². The van der Waals surface area contributed by atoms with Gasteiger partial charge >= 0.3 is 0 Å². The number of rotatable bonds is 7. The zero-order valence-electron chi connectivity index (χ0n) is 17.4. The number of nitrogens with zero attached hydrogens (tertiary/aromatic N) is 1. The van der Waals surface area contributed by atoms with Crippen molar-refractivity contribution in [2.24, 2.45) is 0 Å². The number of aromatic nitrogens is 1. The van der Waals surface area contributed by atoms with Crippen molar-refractivity contribution < 1.29 is 9.53 Å². The summed E-state index contributed by atoms with van der Waals surface area (Å²) in [6.45, 7) is 4.51. The molecule has 0 saturated carbocycles. The van der Waals surface area contributed by atoms with Gasteiger partial charge in [0.2, 0.25) is 5.91 Å². The van der Waals surface area contributed by atoms with E-state index in [0.717, 1.165) is 33.1 Å². The molecule has 1 aromatic heterocycles. The Labute approximate surface area is 190 Å². The summed E-state index contributed by atoms with van der Waals surface area (Å²) in [6.07, 6.45) is 1.03. The summed E-state index contributed by atoms with van der Waals surface area (Å²) < 4.78 is 6.93. The monoisotopic (exact) mass is 450 g/mol. The topological polar surface area (TPSA) is 51.2 Å².